The number of ketones is 1. The van der Waals surface area contributed by atoms with Gasteiger partial charge in [-0.1, -0.05) is 6.07 Å². The van der Waals surface area contributed by atoms with Crippen LogP contribution in [0.2, 0.25) is 0 Å². The maximum absolute atomic E-state index is 11.5. The van der Waals surface area contributed by atoms with Gasteiger partial charge in [0.15, 0.2) is 17.3 Å². The quantitative estimate of drug-likeness (QED) is 0.770. The van der Waals surface area contributed by atoms with Gasteiger partial charge >= 0.3 is 0 Å². The van der Waals surface area contributed by atoms with Crippen molar-refractivity contribution in [3.05, 3.63) is 23.8 Å². The lowest BCUT2D eigenvalue weighted by molar-refractivity contribution is 0.0245. The van der Waals surface area contributed by atoms with Crippen LogP contribution in [0.25, 0.3) is 0 Å². The Morgan fingerprint density at radius 3 is 2.67 bits per heavy atom. The summed E-state index contributed by atoms with van der Waals surface area (Å²) >= 11 is 0. The summed E-state index contributed by atoms with van der Waals surface area (Å²) in [5.41, 5.74) is 0.557. The molecule has 1 fully saturated rings. The largest absolute Gasteiger partial charge is 0.492 e. The molecule has 4 nitrogen and oxygen atoms in total. The predicted octanol–water partition coefficient (Wildman–Crippen LogP) is 2.46. The van der Waals surface area contributed by atoms with E-state index in [0.29, 0.717) is 17.1 Å². The summed E-state index contributed by atoms with van der Waals surface area (Å²) in [6.45, 7) is 2.97. The lowest BCUT2D eigenvalue weighted by Gasteiger charge is -2.24. The fourth-order valence-electron chi connectivity index (χ4n) is 2.07. The molecule has 1 heterocycles. The van der Waals surface area contributed by atoms with Crippen molar-refractivity contribution in [2.45, 2.75) is 25.9 Å². The molecule has 0 amide bonds. The maximum atomic E-state index is 11.5. The molecule has 18 heavy (non-hydrogen) atoms. The first-order valence-corrected chi connectivity index (χ1v) is 6.14. The summed E-state index contributed by atoms with van der Waals surface area (Å²) in [4.78, 5) is 11.5. The first-order valence-electron chi connectivity index (χ1n) is 6.14. The fraction of sp³-hybridized carbons (Fsp3) is 0.500. The Morgan fingerprint density at radius 2 is 2.06 bits per heavy atom. The maximum Gasteiger partial charge on any atom is 0.171 e. The van der Waals surface area contributed by atoms with E-state index in [-0.39, 0.29) is 11.9 Å². The number of ether oxygens (including phenoxy) is 3. The van der Waals surface area contributed by atoms with Gasteiger partial charge in [-0.15, -0.1) is 0 Å². The Kier molecular flexibility index (Phi) is 4.20. The summed E-state index contributed by atoms with van der Waals surface area (Å²) < 4.78 is 16.5. The van der Waals surface area contributed by atoms with Gasteiger partial charge in [0, 0.05) is 12.8 Å². The van der Waals surface area contributed by atoms with E-state index in [2.05, 4.69) is 0 Å². The number of para-hydroxylation sites is 1. The minimum absolute atomic E-state index is 0.0238. The second kappa shape index (κ2) is 5.87. The van der Waals surface area contributed by atoms with Crippen LogP contribution in [0, 0.1) is 0 Å². The van der Waals surface area contributed by atoms with Crippen LogP contribution >= 0.6 is 0 Å². The first kappa shape index (κ1) is 12.9. The van der Waals surface area contributed by atoms with Crippen molar-refractivity contribution in [3.8, 4) is 11.5 Å². The molecule has 0 aromatic heterocycles. The lowest BCUT2D eigenvalue weighted by Crippen LogP contribution is -2.26. The van der Waals surface area contributed by atoms with Crippen LogP contribution < -0.4 is 9.47 Å². The topological polar surface area (TPSA) is 44.8 Å². The Labute approximate surface area is 107 Å². The van der Waals surface area contributed by atoms with E-state index in [9.17, 15) is 4.79 Å². The SMILES string of the molecule is COc1c(OC2CCOCC2)cccc1C(C)=O. The highest BCUT2D eigenvalue weighted by Gasteiger charge is 2.19. The van der Waals surface area contributed by atoms with Gasteiger partial charge in [0.25, 0.3) is 0 Å². The molecule has 2 rings (SSSR count). The molecule has 0 bridgehead atoms. The van der Waals surface area contributed by atoms with E-state index in [1.54, 1.807) is 13.2 Å². The monoisotopic (exact) mass is 250 g/mol. The van der Waals surface area contributed by atoms with Crippen LogP contribution in [-0.4, -0.2) is 32.2 Å². The van der Waals surface area contributed by atoms with Crippen LogP contribution in [0.1, 0.15) is 30.1 Å². The van der Waals surface area contributed by atoms with E-state index in [1.807, 2.05) is 12.1 Å². The molecule has 1 aliphatic heterocycles. The zero-order valence-corrected chi connectivity index (χ0v) is 10.8. The number of Topliss-reactive ketones (excluding diaryl/α,β-unsaturated/α-hetero) is 1. The normalized spacial score (nSPS) is 16.3. The van der Waals surface area contributed by atoms with Crippen LogP contribution in [0.4, 0.5) is 0 Å². The average Bonchev–Trinajstić information content (AvgIpc) is 2.39. The molecular weight excluding hydrogens is 232 g/mol. The third-order valence-electron chi connectivity index (χ3n) is 3.02. The number of hydrogen-bond donors (Lipinski definition) is 0. The molecule has 1 aromatic rings. The van der Waals surface area contributed by atoms with Gasteiger partial charge in [0.1, 0.15) is 6.10 Å². The van der Waals surface area contributed by atoms with Crippen molar-refractivity contribution in [2.24, 2.45) is 0 Å². The van der Waals surface area contributed by atoms with E-state index in [1.165, 1.54) is 6.92 Å². The van der Waals surface area contributed by atoms with Gasteiger partial charge in [-0.3, -0.25) is 4.79 Å². The molecule has 0 unspecified atom stereocenters. The highest BCUT2D eigenvalue weighted by atomic mass is 16.5. The Bertz CT molecular complexity index is 422. The number of rotatable bonds is 4. The number of carbonyl (C=O) groups excluding carboxylic acids is 1. The molecule has 0 radical (unpaired) electrons. The van der Waals surface area contributed by atoms with Gasteiger partial charge in [-0.2, -0.15) is 0 Å². The summed E-state index contributed by atoms with van der Waals surface area (Å²) in [5.74, 6) is 1.14. The van der Waals surface area contributed by atoms with Crippen molar-refractivity contribution in [1.82, 2.24) is 0 Å². The molecule has 1 aliphatic rings. The highest BCUT2D eigenvalue weighted by Crippen LogP contribution is 2.33. The lowest BCUT2D eigenvalue weighted by atomic mass is 10.1. The summed E-state index contributed by atoms with van der Waals surface area (Å²) in [6, 6.07) is 5.40. The molecule has 0 spiro atoms. The molecule has 0 aliphatic carbocycles. The van der Waals surface area contributed by atoms with Crippen LogP contribution in [-0.2, 0) is 4.74 Å². The summed E-state index contributed by atoms with van der Waals surface area (Å²) in [6.07, 6.45) is 1.87. The minimum Gasteiger partial charge on any atom is -0.492 e. The summed E-state index contributed by atoms with van der Waals surface area (Å²) in [5, 5.41) is 0. The zero-order chi connectivity index (χ0) is 13.0. The average molecular weight is 250 g/mol. The molecule has 1 saturated heterocycles. The van der Waals surface area contributed by atoms with Crippen molar-refractivity contribution in [2.75, 3.05) is 20.3 Å². The van der Waals surface area contributed by atoms with Crippen molar-refractivity contribution >= 4 is 5.78 Å². The standard InChI is InChI=1S/C14H18O4/c1-10(15)12-4-3-5-13(14(12)16-2)18-11-6-8-17-9-7-11/h3-5,11H,6-9H2,1-2H3. The van der Waals surface area contributed by atoms with Crippen LogP contribution in [0.3, 0.4) is 0 Å². The van der Waals surface area contributed by atoms with Gasteiger partial charge in [0.05, 0.1) is 25.9 Å². The number of methoxy groups -OCH3 is 1. The second-order valence-electron chi connectivity index (χ2n) is 4.32. The van der Waals surface area contributed by atoms with Gasteiger partial charge in [0.2, 0.25) is 0 Å². The number of carbonyl (C=O) groups is 1. The van der Waals surface area contributed by atoms with Gasteiger partial charge in [-0.05, 0) is 19.1 Å². The number of hydrogen-bond acceptors (Lipinski definition) is 4. The van der Waals surface area contributed by atoms with Crippen molar-refractivity contribution in [3.63, 3.8) is 0 Å². The fourth-order valence-corrected chi connectivity index (χ4v) is 2.07. The molecule has 0 saturated carbocycles. The zero-order valence-electron chi connectivity index (χ0n) is 10.8. The highest BCUT2D eigenvalue weighted by molar-refractivity contribution is 5.97. The molecular formula is C14H18O4. The van der Waals surface area contributed by atoms with Gasteiger partial charge in [-0.25, -0.2) is 0 Å². The van der Waals surface area contributed by atoms with E-state index in [0.717, 1.165) is 26.1 Å². The molecule has 1 aromatic carbocycles. The van der Waals surface area contributed by atoms with Crippen molar-refractivity contribution < 1.29 is 19.0 Å². The summed E-state index contributed by atoms with van der Waals surface area (Å²) in [7, 11) is 1.55. The molecule has 4 heteroatoms. The third-order valence-corrected chi connectivity index (χ3v) is 3.02. The van der Waals surface area contributed by atoms with Gasteiger partial charge < -0.3 is 14.2 Å². The Morgan fingerprint density at radius 1 is 1.33 bits per heavy atom. The molecule has 0 atom stereocenters. The Hall–Kier alpha value is -1.55. The van der Waals surface area contributed by atoms with Crippen LogP contribution in [0.5, 0.6) is 11.5 Å². The van der Waals surface area contributed by atoms with Crippen molar-refractivity contribution in [1.29, 1.82) is 0 Å². The first-order chi connectivity index (χ1) is 8.72. The minimum atomic E-state index is -0.0238. The third kappa shape index (κ3) is 2.82. The Balaban J connectivity index is 2.20. The smallest absolute Gasteiger partial charge is 0.171 e. The predicted molar refractivity (Wildman–Crippen MR) is 67.5 cm³/mol. The molecule has 0 N–H and O–H groups in total. The van der Waals surface area contributed by atoms with Crippen LogP contribution in [0.15, 0.2) is 18.2 Å². The second-order valence-corrected chi connectivity index (χ2v) is 4.32. The van der Waals surface area contributed by atoms with E-state index < -0.39 is 0 Å². The molecule has 98 valence electrons. The number of benzene rings is 1. The van der Waals surface area contributed by atoms with E-state index >= 15 is 0 Å². The van der Waals surface area contributed by atoms with E-state index in [4.69, 9.17) is 14.2 Å².